The first-order valence-electron chi connectivity index (χ1n) is 9.73. The Labute approximate surface area is 193 Å². The van der Waals surface area contributed by atoms with Gasteiger partial charge in [-0.3, -0.25) is 10.1 Å². The van der Waals surface area contributed by atoms with Gasteiger partial charge < -0.3 is 30.3 Å². The van der Waals surface area contributed by atoms with Crippen molar-refractivity contribution in [2.75, 3.05) is 43.0 Å². The zero-order valence-electron chi connectivity index (χ0n) is 18.2. The smallest absolute Gasteiger partial charge is 0.413 e. The molecule has 1 fully saturated rings. The highest BCUT2D eigenvalue weighted by molar-refractivity contribution is 7.82. The summed E-state index contributed by atoms with van der Waals surface area (Å²) in [5.41, 5.74) is 0.752. The number of amides is 1. The van der Waals surface area contributed by atoms with E-state index in [0.29, 0.717) is 12.3 Å². The highest BCUT2D eigenvalue weighted by Gasteiger charge is 2.11. The van der Waals surface area contributed by atoms with Gasteiger partial charge in [0.2, 0.25) is 0 Å². The quantitative estimate of drug-likeness (QED) is 0.381. The number of nitrogens with zero attached hydrogens (tertiary/aromatic N) is 2. The van der Waals surface area contributed by atoms with Crippen LogP contribution in [0, 0.1) is 0 Å². The second-order valence-electron chi connectivity index (χ2n) is 7.22. The van der Waals surface area contributed by atoms with E-state index in [1.165, 1.54) is 0 Å². The second-order valence-corrected chi connectivity index (χ2v) is 8.04. The molecule has 1 aliphatic heterocycles. The standard InChI is InChI=1S/C14H20N6O2S2.C5H10O2/c1-2-22-14(21)19-13(24)18-12(23)17-11-4-3-10(9-16-11)20-7-5-15-6-8-20;1-5(2,3)7-4-6/h3-4,9,15H,2,5-8H2,1H3,(H3,16,17,18,19,21,23,24);4H,1-3H3. The molecule has 12 heteroatoms. The number of ether oxygens (including phenoxy) is 2. The maximum Gasteiger partial charge on any atom is 0.413 e. The van der Waals surface area contributed by atoms with Crippen LogP contribution in [0.25, 0.3) is 0 Å². The van der Waals surface area contributed by atoms with Crippen LogP contribution in [0.4, 0.5) is 16.3 Å². The molecule has 0 spiro atoms. The third-order valence-electron chi connectivity index (χ3n) is 3.59. The van der Waals surface area contributed by atoms with Crippen molar-refractivity contribution >= 4 is 58.7 Å². The van der Waals surface area contributed by atoms with Crippen LogP contribution in [0.2, 0.25) is 0 Å². The van der Waals surface area contributed by atoms with Gasteiger partial charge >= 0.3 is 6.09 Å². The van der Waals surface area contributed by atoms with Crippen molar-refractivity contribution in [2.45, 2.75) is 33.3 Å². The topological polar surface area (TPSA) is 117 Å². The monoisotopic (exact) mass is 470 g/mol. The Balaban J connectivity index is 0.000000592. The summed E-state index contributed by atoms with van der Waals surface area (Å²) >= 11 is 10.1. The number of hydrogen-bond donors (Lipinski definition) is 4. The van der Waals surface area contributed by atoms with Gasteiger partial charge in [-0.1, -0.05) is 0 Å². The molecule has 1 saturated heterocycles. The van der Waals surface area contributed by atoms with Crippen molar-refractivity contribution in [3.63, 3.8) is 0 Å². The molecule has 10 nitrogen and oxygen atoms in total. The molecule has 2 rings (SSSR count). The third-order valence-corrected chi connectivity index (χ3v) is 4.00. The Morgan fingerprint density at radius 2 is 1.90 bits per heavy atom. The van der Waals surface area contributed by atoms with Crippen LogP contribution in [-0.2, 0) is 14.3 Å². The van der Waals surface area contributed by atoms with Gasteiger partial charge in [0.25, 0.3) is 6.47 Å². The SMILES string of the molecule is CC(C)(C)OC=O.CCOC(=O)NC(=S)NC(=S)Nc1ccc(N2CCNCC2)cn1. The van der Waals surface area contributed by atoms with Gasteiger partial charge in [-0.2, -0.15) is 0 Å². The first kappa shape index (κ1) is 26.5. The van der Waals surface area contributed by atoms with Crippen molar-refractivity contribution in [3.8, 4) is 0 Å². The highest BCUT2D eigenvalue weighted by Crippen LogP contribution is 2.15. The van der Waals surface area contributed by atoms with E-state index in [2.05, 4.69) is 35.9 Å². The molecule has 172 valence electrons. The summed E-state index contributed by atoms with van der Waals surface area (Å²) in [6.45, 7) is 11.8. The van der Waals surface area contributed by atoms with Gasteiger partial charge in [-0.15, -0.1) is 0 Å². The van der Waals surface area contributed by atoms with Crippen molar-refractivity contribution in [2.24, 2.45) is 0 Å². The van der Waals surface area contributed by atoms with Crippen LogP contribution in [0.3, 0.4) is 0 Å². The molecule has 0 atom stereocenters. The van der Waals surface area contributed by atoms with E-state index in [-0.39, 0.29) is 22.4 Å². The highest BCUT2D eigenvalue weighted by atomic mass is 32.1. The fourth-order valence-electron chi connectivity index (χ4n) is 2.26. The number of alkyl carbamates (subject to hydrolysis) is 1. The van der Waals surface area contributed by atoms with Crippen LogP contribution in [0.5, 0.6) is 0 Å². The molecule has 0 aliphatic carbocycles. The van der Waals surface area contributed by atoms with Crippen LogP contribution in [-0.4, -0.2) is 66.2 Å². The lowest BCUT2D eigenvalue weighted by Crippen LogP contribution is -2.44. The predicted molar refractivity (Wildman–Crippen MR) is 128 cm³/mol. The molecule has 1 aliphatic rings. The van der Waals surface area contributed by atoms with Crippen molar-refractivity contribution in [1.82, 2.24) is 20.9 Å². The predicted octanol–water partition coefficient (Wildman–Crippen LogP) is 1.77. The summed E-state index contributed by atoms with van der Waals surface area (Å²) in [4.78, 5) is 27.4. The number of anilines is 2. The average Bonchev–Trinajstić information content (AvgIpc) is 2.68. The van der Waals surface area contributed by atoms with Crippen LogP contribution in [0.15, 0.2) is 18.3 Å². The number of nitrogens with one attached hydrogen (secondary N) is 4. The van der Waals surface area contributed by atoms with Crippen LogP contribution >= 0.6 is 24.4 Å². The molecule has 2 heterocycles. The second kappa shape index (κ2) is 13.7. The number of aromatic nitrogens is 1. The number of hydrogen-bond acceptors (Lipinski definition) is 9. The lowest BCUT2D eigenvalue weighted by atomic mass is 10.2. The van der Waals surface area contributed by atoms with Crippen LogP contribution < -0.4 is 26.2 Å². The maximum atomic E-state index is 11.2. The Hall–Kier alpha value is -2.57. The van der Waals surface area contributed by atoms with E-state index in [4.69, 9.17) is 29.2 Å². The molecule has 1 amide bonds. The number of carbonyl (C=O) groups is 2. The van der Waals surface area contributed by atoms with Gasteiger partial charge in [0.05, 0.1) is 18.5 Å². The first-order valence-corrected chi connectivity index (χ1v) is 10.5. The normalized spacial score (nSPS) is 13.1. The van der Waals surface area contributed by atoms with E-state index in [9.17, 15) is 9.59 Å². The number of thiocarbonyl (C=S) groups is 2. The molecule has 1 aromatic heterocycles. The van der Waals surface area contributed by atoms with E-state index in [1.54, 1.807) is 13.1 Å². The van der Waals surface area contributed by atoms with E-state index >= 15 is 0 Å². The minimum atomic E-state index is -0.628. The number of rotatable bonds is 4. The zero-order chi connectivity index (χ0) is 23.3. The summed E-state index contributed by atoms with van der Waals surface area (Å²) in [6, 6.07) is 3.83. The number of carbonyl (C=O) groups excluding carboxylic acids is 2. The summed E-state index contributed by atoms with van der Waals surface area (Å²) in [6.07, 6.45) is 1.17. The van der Waals surface area contributed by atoms with E-state index in [1.807, 2.05) is 32.9 Å². The average molecular weight is 471 g/mol. The molecule has 0 bridgehead atoms. The van der Waals surface area contributed by atoms with Gasteiger partial charge in [-0.25, -0.2) is 9.78 Å². The molecule has 0 saturated carbocycles. The molecule has 0 unspecified atom stereocenters. The summed E-state index contributed by atoms with van der Waals surface area (Å²) in [5.74, 6) is 0.588. The van der Waals surface area contributed by atoms with Crippen molar-refractivity contribution in [1.29, 1.82) is 0 Å². The Bertz CT molecular complexity index is 734. The number of piperazine rings is 1. The molecule has 1 aromatic rings. The third kappa shape index (κ3) is 12.0. The largest absolute Gasteiger partial charge is 0.462 e. The van der Waals surface area contributed by atoms with Crippen molar-refractivity contribution in [3.05, 3.63) is 18.3 Å². The zero-order valence-corrected chi connectivity index (χ0v) is 19.8. The fraction of sp³-hybridized carbons (Fsp3) is 0.526. The van der Waals surface area contributed by atoms with Crippen LogP contribution in [0.1, 0.15) is 27.7 Å². The lowest BCUT2D eigenvalue weighted by molar-refractivity contribution is -0.138. The molecular formula is C19H30N6O4S2. The minimum absolute atomic E-state index is 0.0587. The maximum absolute atomic E-state index is 11.2. The van der Waals surface area contributed by atoms with Gasteiger partial charge in [0.1, 0.15) is 11.4 Å². The molecule has 4 N–H and O–H groups in total. The van der Waals surface area contributed by atoms with Gasteiger partial charge in [0.15, 0.2) is 10.2 Å². The van der Waals surface area contributed by atoms with Gasteiger partial charge in [0, 0.05) is 26.2 Å². The molecular weight excluding hydrogens is 440 g/mol. The lowest BCUT2D eigenvalue weighted by Gasteiger charge is -2.29. The fourth-order valence-corrected chi connectivity index (χ4v) is 2.71. The Kier molecular flexibility index (Phi) is 11.7. The molecule has 0 radical (unpaired) electrons. The Morgan fingerprint density at radius 3 is 2.39 bits per heavy atom. The Morgan fingerprint density at radius 1 is 1.23 bits per heavy atom. The number of pyridine rings is 1. The van der Waals surface area contributed by atoms with Gasteiger partial charge in [-0.05, 0) is 64.3 Å². The minimum Gasteiger partial charge on any atom is -0.462 e. The van der Waals surface area contributed by atoms with Crippen molar-refractivity contribution < 1.29 is 19.1 Å². The van der Waals surface area contributed by atoms with E-state index in [0.717, 1.165) is 31.9 Å². The summed E-state index contributed by atoms with van der Waals surface area (Å²) in [5, 5.41) is 11.5. The van der Waals surface area contributed by atoms with E-state index < -0.39 is 6.09 Å². The summed E-state index contributed by atoms with van der Waals surface area (Å²) in [7, 11) is 0. The summed E-state index contributed by atoms with van der Waals surface area (Å²) < 4.78 is 9.27. The molecule has 31 heavy (non-hydrogen) atoms. The molecule has 0 aromatic carbocycles. The first-order chi connectivity index (χ1) is 14.6.